The lowest BCUT2D eigenvalue weighted by molar-refractivity contribution is -0.142. The monoisotopic (exact) mass is 224 g/mol. The summed E-state index contributed by atoms with van der Waals surface area (Å²) in [5.41, 5.74) is 0.442. The molecule has 1 fully saturated rings. The van der Waals surface area contributed by atoms with Crippen molar-refractivity contribution in [3.05, 3.63) is 25.0 Å². The topological polar surface area (TPSA) is 35.5 Å². The highest BCUT2D eigenvalue weighted by Gasteiger charge is 2.27. The van der Waals surface area contributed by atoms with E-state index < -0.39 is 0 Å². The van der Waals surface area contributed by atoms with Gasteiger partial charge in [-0.25, -0.2) is 4.79 Å². The maximum absolute atomic E-state index is 11.3. The van der Waals surface area contributed by atoms with Gasteiger partial charge in [0.05, 0.1) is 12.9 Å². The SMILES string of the molecule is C=COC1CCCCC1COC(=O)C(=C)C. The van der Waals surface area contributed by atoms with Gasteiger partial charge in [-0.3, -0.25) is 0 Å². The molecule has 0 N–H and O–H groups in total. The Morgan fingerprint density at radius 3 is 2.75 bits per heavy atom. The predicted octanol–water partition coefficient (Wildman–Crippen LogP) is 2.82. The zero-order valence-corrected chi connectivity index (χ0v) is 9.91. The molecule has 0 heterocycles. The van der Waals surface area contributed by atoms with Crippen molar-refractivity contribution in [3.8, 4) is 0 Å². The third-order valence-electron chi connectivity index (χ3n) is 2.89. The summed E-state index contributed by atoms with van der Waals surface area (Å²) < 4.78 is 10.6. The van der Waals surface area contributed by atoms with E-state index in [1.54, 1.807) is 6.92 Å². The van der Waals surface area contributed by atoms with Crippen LogP contribution in [-0.2, 0) is 14.3 Å². The highest BCUT2D eigenvalue weighted by molar-refractivity contribution is 5.86. The Balaban J connectivity index is 2.40. The van der Waals surface area contributed by atoms with E-state index in [4.69, 9.17) is 9.47 Å². The van der Waals surface area contributed by atoms with Crippen LogP contribution in [0.3, 0.4) is 0 Å². The maximum atomic E-state index is 11.3. The first-order chi connectivity index (χ1) is 7.65. The molecule has 16 heavy (non-hydrogen) atoms. The van der Waals surface area contributed by atoms with Gasteiger partial charge in [0.15, 0.2) is 0 Å². The van der Waals surface area contributed by atoms with Crippen LogP contribution in [0.25, 0.3) is 0 Å². The van der Waals surface area contributed by atoms with Crippen LogP contribution in [0.5, 0.6) is 0 Å². The largest absolute Gasteiger partial charge is 0.498 e. The van der Waals surface area contributed by atoms with Gasteiger partial charge in [-0.15, -0.1) is 0 Å². The van der Waals surface area contributed by atoms with Crippen molar-refractivity contribution >= 4 is 5.97 Å². The molecule has 0 bridgehead atoms. The molecule has 0 spiro atoms. The molecular weight excluding hydrogens is 204 g/mol. The number of carbonyl (C=O) groups is 1. The van der Waals surface area contributed by atoms with E-state index >= 15 is 0 Å². The summed E-state index contributed by atoms with van der Waals surface area (Å²) in [5.74, 6) is -0.0297. The number of hydrogen-bond acceptors (Lipinski definition) is 3. The first-order valence-electron chi connectivity index (χ1n) is 5.74. The molecule has 1 saturated carbocycles. The summed E-state index contributed by atoms with van der Waals surface area (Å²) in [6.07, 6.45) is 6.02. The van der Waals surface area contributed by atoms with Crippen molar-refractivity contribution in [2.75, 3.05) is 6.61 Å². The number of ether oxygens (including phenoxy) is 2. The average Bonchev–Trinajstić information content (AvgIpc) is 2.27. The van der Waals surface area contributed by atoms with Crippen LogP contribution in [0.1, 0.15) is 32.6 Å². The normalized spacial score (nSPS) is 24.6. The summed E-state index contributed by atoms with van der Waals surface area (Å²) in [4.78, 5) is 11.3. The Morgan fingerprint density at radius 2 is 2.12 bits per heavy atom. The van der Waals surface area contributed by atoms with Gasteiger partial charge >= 0.3 is 5.97 Å². The van der Waals surface area contributed by atoms with E-state index in [1.165, 1.54) is 19.1 Å². The van der Waals surface area contributed by atoms with Gasteiger partial charge in [-0.2, -0.15) is 0 Å². The molecule has 0 aromatic carbocycles. The number of carbonyl (C=O) groups excluding carboxylic acids is 1. The number of hydrogen-bond donors (Lipinski definition) is 0. The van der Waals surface area contributed by atoms with Crippen LogP contribution in [0, 0.1) is 5.92 Å². The molecule has 0 saturated heterocycles. The fourth-order valence-corrected chi connectivity index (χ4v) is 1.97. The van der Waals surface area contributed by atoms with E-state index in [0.29, 0.717) is 12.2 Å². The van der Waals surface area contributed by atoms with Gasteiger partial charge in [0, 0.05) is 11.5 Å². The standard InChI is InChI=1S/C13H20O3/c1-4-15-12-8-6-5-7-11(12)9-16-13(14)10(2)3/h4,11-12H,1-2,5-9H2,3H3. The molecule has 90 valence electrons. The Hall–Kier alpha value is -1.25. The van der Waals surface area contributed by atoms with Crippen molar-refractivity contribution < 1.29 is 14.3 Å². The highest BCUT2D eigenvalue weighted by atomic mass is 16.5. The van der Waals surface area contributed by atoms with Gasteiger partial charge in [-0.05, 0) is 26.2 Å². The molecule has 2 unspecified atom stereocenters. The Kier molecular flexibility index (Phi) is 5.09. The van der Waals surface area contributed by atoms with Crippen molar-refractivity contribution in [2.24, 2.45) is 5.92 Å². The van der Waals surface area contributed by atoms with Gasteiger partial charge in [0.1, 0.15) is 6.10 Å². The highest BCUT2D eigenvalue weighted by Crippen LogP contribution is 2.27. The lowest BCUT2D eigenvalue weighted by Gasteiger charge is -2.30. The Bertz CT molecular complexity index is 270. The van der Waals surface area contributed by atoms with Crippen LogP contribution < -0.4 is 0 Å². The minimum Gasteiger partial charge on any atom is -0.498 e. The zero-order valence-electron chi connectivity index (χ0n) is 9.91. The van der Waals surface area contributed by atoms with Crippen molar-refractivity contribution in [3.63, 3.8) is 0 Å². The van der Waals surface area contributed by atoms with E-state index in [-0.39, 0.29) is 18.0 Å². The van der Waals surface area contributed by atoms with Crippen LogP contribution in [-0.4, -0.2) is 18.7 Å². The molecule has 0 radical (unpaired) electrons. The molecule has 0 aromatic rings. The second-order valence-electron chi connectivity index (χ2n) is 4.26. The van der Waals surface area contributed by atoms with Gasteiger partial charge in [-0.1, -0.05) is 19.6 Å². The Morgan fingerprint density at radius 1 is 1.44 bits per heavy atom. The van der Waals surface area contributed by atoms with E-state index in [1.807, 2.05) is 0 Å². The Labute approximate surface area is 97.1 Å². The third kappa shape index (κ3) is 3.72. The summed E-state index contributed by atoms with van der Waals surface area (Å²) in [6, 6.07) is 0. The number of esters is 1. The van der Waals surface area contributed by atoms with Gasteiger partial charge in [0.2, 0.25) is 0 Å². The predicted molar refractivity (Wildman–Crippen MR) is 62.8 cm³/mol. The fraction of sp³-hybridized carbons (Fsp3) is 0.615. The third-order valence-corrected chi connectivity index (χ3v) is 2.89. The lowest BCUT2D eigenvalue weighted by atomic mass is 9.87. The second kappa shape index (κ2) is 6.36. The van der Waals surface area contributed by atoms with Crippen molar-refractivity contribution in [1.82, 2.24) is 0 Å². The molecule has 1 rings (SSSR count). The molecule has 3 nitrogen and oxygen atoms in total. The summed E-state index contributed by atoms with van der Waals surface area (Å²) in [6.45, 7) is 9.20. The molecule has 0 aliphatic heterocycles. The first-order valence-corrected chi connectivity index (χ1v) is 5.74. The fourth-order valence-electron chi connectivity index (χ4n) is 1.97. The van der Waals surface area contributed by atoms with Gasteiger partial charge in [0.25, 0.3) is 0 Å². The summed E-state index contributed by atoms with van der Waals surface area (Å²) >= 11 is 0. The maximum Gasteiger partial charge on any atom is 0.333 e. The molecule has 0 aromatic heterocycles. The van der Waals surface area contributed by atoms with Crippen molar-refractivity contribution in [1.29, 1.82) is 0 Å². The summed E-state index contributed by atoms with van der Waals surface area (Å²) in [7, 11) is 0. The smallest absolute Gasteiger partial charge is 0.333 e. The molecule has 0 amide bonds. The molecular formula is C13H20O3. The summed E-state index contributed by atoms with van der Waals surface area (Å²) in [5, 5.41) is 0. The van der Waals surface area contributed by atoms with E-state index in [2.05, 4.69) is 13.2 Å². The van der Waals surface area contributed by atoms with Crippen LogP contribution in [0.4, 0.5) is 0 Å². The zero-order chi connectivity index (χ0) is 12.0. The molecule has 3 heteroatoms. The van der Waals surface area contributed by atoms with Crippen LogP contribution >= 0.6 is 0 Å². The average molecular weight is 224 g/mol. The minimum atomic E-state index is -0.317. The van der Waals surface area contributed by atoms with Crippen molar-refractivity contribution in [2.45, 2.75) is 38.7 Å². The minimum absolute atomic E-state index is 0.143. The molecule has 1 aliphatic rings. The van der Waals surface area contributed by atoms with E-state index in [9.17, 15) is 4.79 Å². The lowest BCUT2D eigenvalue weighted by Crippen LogP contribution is -2.30. The van der Waals surface area contributed by atoms with Crippen LogP contribution in [0.15, 0.2) is 25.0 Å². The van der Waals surface area contributed by atoms with Crippen LogP contribution in [0.2, 0.25) is 0 Å². The first kappa shape index (κ1) is 12.8. The number of rotatable bonds is 5. The van der Waals surface area contributed by atoms with E-state index in [0.717, 1.165) is 12.8 Å². The second-order valence-corrected chi connectivity index (χ2v) is 4.26. The molecule has 2 atom stereocenters. The quantitative estimate of drug-likeness (QED) is 0.409. The van der Waals surface area contributed by atoms with Gasteiger partial charge < -0.3 is 9.47 Å². The molecule has 1 aliphatic carbocycles.